The van der Waals surface area contributed by atoms with Crippen LogP contribution in [-0.4, -0.2) is 26.6 Å². The van der Waals surface area contributed by atoms with Crippen molar-refractivity contribution in [3.63, 3.8) is 0 Å². The molecule has 1 saturated carbocycles. The summed E-state index contributed by atoms with van der Waals surface area (Å²) in [7, 11) is 1.75. The highest BCUT2D eigenvalue weighted by Crippen LogP contribution is 2.30. The zero-order chi connectivity index (χ0) is 15.0. The van der Waals surface area contributed by atoms with Crippen molar-refractivity contribution in [1.29, 1.82) is 0 Å². The van der Waals surface area contributed by atoms with Gasteiger partial charge in [0.25, 0.3) is 5.91 Å². The molecule has 0 radical (unpaired) electrons. The van der Waals surface area contributed by atoms with Crippen LogP contribution in [-0.2, 0) is 13.6 Å². The van der Waals surface area contributed by atoms with Gasteiger partial charge in [0.1, 0.15) is 5.69 Å². The van der Waals surface area contributed by atoms with Crippen LogP contribution in [0.25, 0.3) is 0 Å². The lowest BCUT2D eigenvalue weighted by molar-refractivity contribution is 0.0720. The Bertz CT molecular complexity index is 653. The van der Waals surface area contributed by atoms with Crippen molar-refractivity contribution >= 4 is 11.6 Å². The number of rotatable bonds is 4. The molecule has 1 aliphatic rings. The molecule has 3 rings (SSSR count). The molecule has 2 N–H and O–H groups in total. The molecule has 1 amide bonds. The molecule has 0 aliphatic heterocycles. The van der Waals surface area contributed by atoms with Crippen LogP contribution in [0.2, 0.25) is 0 Å². The second-order valence-corrected chi connectivity index (χ2v) is 5.73. The fourth-order valence-electron chi connectivity index (χ4n) is 2.61. The van der Waals surface area contributed by atoms with Crippen LogP contribution in [0.5, 0.6) is 0 Å². The Morgan fingerprint density at radius 3 is 2.81 bits per heavy atom. The number of hydrogen-bond donors (Lipinski definition) is 1. The molecule has 0 atom stereocenters. The van der Waals surface area contributed by atoms with E-state index in [1.807, 2.05) is 11.0 Å². The number of nitrogens with two attached hydrogens (primary N) is 1. The third-order valence-electron chi connectivity index (χ3n) is 3.85. The number of aryl methyl sites for hydroxylation is 2. The van der Waals surface area contributed by atoms with E-state index in [-0.39, 0.29) is 5.91 Å². The van der Waals surface area contributed by atoms with Gasteiger partial charge >= 0.3 is 0 Å². The van der Waals surface area contributed by atoms with E-state index in [2.05, 4.69) is 30.2 Å². The van der Waals surface area contributed by atoms with Gasteiger partial charge in [-0.25, -0.2) is 0 Å². The van der Waals surface area contributed by atoms with Gasteiger partial charge in [-0.1, -0.05) is 29.8 Å². The topological polar surface area (TPSA) is 64.2 Å². The summed E-state index contributed by atoms with van der Waals surface area (Å²) in [5.74, 6) is -0.0310. The standard InChI is InChI=1S/C16H20N4O/c1-11-4-3-5-12(8-11)10-20(13-6-7-13)16(21)15-14(17)9-18-19(15)2/h3-5,8-9,13H,6-7,10,17H2,1-2H3. The van der Waals surface area contributed by atoms with Gasteiger partial charge in [0.05, 0.1) is 11.9 Å². The summed E-state index contributed by atoms with van der Waals surface area (Å²) >= 11 is 0. The Labute approximate surface area is 124 Å². The molecule has 1 heterocycles. The smallest absolute Gasteiger partial charge is 0.274 e. The zero-order valence-corrected chi connectivity index (χ0v) is 12.4. The molecule has 2 aromatic rings. The van der Waals surface area contributed by atoms with E-state index in [1.165, 1.54) is 11.8 Å². The Morgan fingerprint density at radius 2 is 2.24 bits per heavy atom. The van der Waals surface area contributed by atoms with Crippen molar-refractivity contribution in [2.24, 2.45) is 7.05 Å². The molecule has 0 bridgehead atoms. The lowest BCUT2D eigenvalue weighted by atomic mass is 10.1. The van der Waals surface area contributed by atoms with Gasteiger partial charge in [-0.3, -0.25) is 9.48 Å². The van der Waals surface area contributed by atoms with Crippen LogP contribution in [0.1, 0.15) is 34.5 Å². The zero-order valence-electron chi connectivity index (χ0n) is 12.4. The normalized spacial score (nSPS) is 14.2. The summed E-state index contributed by atoms with van der Waals surface area (Å²) in [5, 5.41) is 4.06. The SMILES string of the molecule is Cc1cccc(CN(C(=O)c2c(N)cnn2C)C2CC2)c1. The molecule has 1 aromatic carbocycles. The first-order chi connectivity index (χ1) is 10.1. The van der Waals surface area contributed by atoms with Gasteiger partial charge in [-0.05, 0) is 25.3 Å². The van der Waals surface area contributed by atoms with Crippen LogP contribution >= 0.6 is 0 Å². The molecule has 0 spiro atoms. The Hall–Kier alpha value is -2.30. The van der Waals surface area contributed by atoms with Crippen LogP contribution < -0.4 is 5.73 Å². The molecule has 1 fully saturated rings. The maximum absolute atomic E-state index is 12.8. The van der Waals surface area contributed by atoms with Crippen molar-refractivity contribution in [3.05, 3.63) is 47.3 Å². The first-order valence-electron chi connectivity index (χ1n) is 7.20. The Balaban J connectivity index is 1.87. The molecule has 0 unspecified atom stereocenters. The average molecular weight is 284 g/mol. The number of anilines is 1. The molecule has 1 aromatic heterocycles. The number of amides is 1. The number of carbonyl (C=O) groups excluding carboxylic acids is 1. The number of carbonyl (C=O) groups is 1. The van der Waals surface area contributed by atoms with E-state index < -0.39 is 0 Å². The second kappa shape index (κ2) is 5.24. The molecule has 5 heteroatoms. The number of nitrogens with zero attached hydrogens (tertiary/aromatic N) is 3. The van der Waals surface area contributed by atoms with Gasteiger partial charge in [0, 0.05) is 19.6 Å². The Kier molecular flexibility index (Phi) is 3.41. The van der Waals surface area contributed by atoms with E-state index >= 15 is 0 Å². The molecule has 1 aliphatic carbocycles. The highest BCUT2D eigenvalue weighted by Gasteiger charge is 2.34. The largest absolute Gasteiger partial charge is 0.396 e. The maximum Gasteiger partial charge on any atom is 0.274 e. The predicted octanol–water partition coefficient (Wildman–Crippen LogP) is 2.12. The van der Waals surface area contributed by atoms with E-state index in [0.29, 0.717) is 24.0 Å². The van der Waals surface area contributed by atoms with E-state index in [4.69, 9.17) is 5.73 Å². The third kappa shape index (κ3) is 2.77. The average Bonchev–Trinajstić information content (AvgIpc) is 3.22. The van der Waals surface area contributed by atoms with Crippen LogP contribution in [0.3, 0.4) is 0 Å². The lowest BCUT2D eigenvalue weighted by Gasteiger charge is -2.23. The first-order valence-corrected chi connectivity index (χ1v) is 7.20. The Morgan fingerprint density at radius 1 is 1.48 bits per heavy atom. The fourth-order valence-corrected chi connectivity index (χ4v) is 2.61. The highest BCUT2D eigenvalue weighted by molar-refractivity contribution is 5.97. The summed E-state index contributed by atoms with van der Waals surface area (Å²) in [4.78, 5) is 14.7. The number of benzene rings is 1. The van der Waals surface area contributed by atoms with E-state index in [9.17, 15) is 4.79 Å². The summed E-state index contributed by atoms with van der Waals surface area (Å²) < 4.78 is 1.56. The third-order valence-corrected chi connectivity index (χ3v) is 3.85. The van der Waals surface area contributed by atoms with Crippen molar-refractivity contribution in [2.45, 2.75) is 32.4 Å². The molecular formula is C16H20N4O. The maximum atomic E-state index is 12.8. The van der Waals surface area contributed by atoms with Crippen molar-refractivity contribution in [2.75, 3.05) is 5.73 Å². The number of hydrogen-bond acceptors (Lipinski definition) is 3. The summed E-state index contributed by atoms with van der Waals surface area (Å²) in [6.07, 6.45) is 3.66. The minimum Gasteiger partial charge on any atom is -0.396 e. The fraction of sp³-hybridized carbons (Fsp3) is 0.375. The van der Waals surface area contributed by atoms with Gasteiger partial charge in [-0.15, -0.1) is 0 Å². The van der Waals surface area contributed by atoms with Gasteiger partial charge < -0.3 is 10.6 Å². The molecule has 110 valence electrons. The van der Waals surface area contributed by atoms with E-state index in [1.54, 1.807) is 11.7 Å². The summed E-state index contributed by atoms with van der Waals surface area (Å²) in [6.45, 7) is 2.68. The van der Waals surface area contributed by atoms with Gasteiger partial charge in [-0.2, -0.15) is 5.10 Å². The van der Waals surface area contributed by atoms with Crippen molar-refractivity contribution in [1.82, 2.24) is 14.7 Å². The van der Waals surface area contributed by atoms with Gasteiger partial charge in [0.15, 0.2) is 0 Å². The van der Waals surface area contributed by atoms with Gasteiger partial charge in [0.2, 0.25) is 0 Å². The monoisotopic (exact) mass is 284 g/mol. The van der Waals surface area contributed by atoms with E-state index in [0.717, 1.165) is 18.4 Å². The highest BCUT2D eigenvalue weighted by atomic mass is 16.2. The van der Waals surface area contributed by atoms with Crippen molar-refractivity contribution < 1.29 is 4.79 Å². The minimum absolute atomic E-state index is 0.0310. The molecule has 5 nitrogen and oxygen atoms in total. The van der Waals surface area contributed by atoms with Crippen molar-refractivity contribution in [3.8, 4) is 0 Å². The molecular weight excluding hydrogens is 264 g/mol. The second-order valence-electron chi connectivity index (χ2n) is 5.73. The van der Waals surface area contributed by atoms with Crippen LogP contribution in [0.4, 0.5) is 5.69 Å². The summed E-state index contributed by atoms with van der Waals surface area (Å²) in [5.41, 5.74) is 9.16. The molecule has 0 saturated heterocycles. The first kappa shape index (κ1) is 13.7. The number of nitrogen functional groups attached to an aromatic ring is 1. The molecule has 21 heavy (non-hydrogen) atoms. The minimum atomic E-state index is -0.0310. The summed E-state index contributed by atoms with van der Waals surface area (Å²) in [6, 6.07) is 8.59. The predicted molar refractivity (Wildman–Crippen MR) is 81.7 cm³/mol. The van der Waals surface area contributed by atoms with Crippen LogP contribution in [0, 0.1) is 6.92 Å². The lowest BCUT2D eigenvalue weighted by Crippen LogP contribution is -2.34. The van der Waals surface area contributed by atoms with Crippen LogP contribution in [0.15, 0.2) is 30.5 Å². The number of aromatic nitrogens is 2. The quantitative estimate of drug-likeness (QED) is 0.935.